The first-order chi connectivity index (χ1) is 10.8. The van der Waals surface area contributed by atoms with Gasteiger partial charge in [-0.15, -0.1) is 0 Å². The standard InChI is InChI=1S/C17H26N2O3/c1-18-9-11-22-17-13-19(12-16(17)18)8-3-10-21-15-6-4-14(20-2)5-7-15/h4-7,16-17H,3,8-13H2,1-2H3/t16-,17-/m0/s1. The smallest absolute Gasteiger partial charge is 0.119 e. The monoisotopic (exact) mass is 306 g/mol. The number of fused-ring (bicyclic) bond motifs is 1. The summed E-state index contributed by atoms with van der Waals surface area (Å²) in [4.78, 5) is 4.93. The van der Waals surface area contributed by atoms with Crippen molar-refractivity contribution < 1.29 is 14.2 Å². The fourth-order valence-corrected chi connectivity index (χ4v) is 3.27. The first-order valence-corrected chi connectivity index (χ1v) is 8.07. The summed E-state index contributed by atoms with van der Waals surface area (Å²) in [6, 6.07) is 8.32. The Morgan fingerprint density at radius 2 is 1.95 bits per heavy atom. The van der Waals surface area contributed by atoms with E-state index in [2.05, 4.69) is 16.8 Å². The molecule has 0 bridgehead atoms. The van der Waals surface area contributed by atoms with Gasteiger partial charge in [0.15, 0.2) is 0 Å². The Hall–Kier alpha value is -1.30. The maximum atomic E-state index is 5.87. The number of likely N-dealkylation sites (N-methyl/N-ethyl adjacent to an activating group) is 1. The molecule has 0 amide bonds. The second-order valence-electron chi connectivity index (χ2n) is 6.09. The number of nitrogens with zero attached hydrogens (tertiary/aromatic N) is 2. The molecule has 5 nitrogen and oxygen atoms in total. The first kappa shape index (κ1) is 15.6. The SMILES string of the molecule is COc1ccc(OCCCN2C[C@@H]3OCCN(C)[C@H]3C2)cc1. The van der Waals surface area contributed by atoms with Crippen LogP contribution >= 0.6 is 0 Å². The highest BCUT2D eigenvalue weighted by Crippen LogP contribution is 2.22. The molecule has 22 heavy (non-hydrogen) atoms. The second-order valence-corrected chi connectivity index (χ2v) is 6.09. The van der Waals surface area contributed by atoms with Gasteiger partial charge < -0.3 is 14.2 Å². The van der Waals surface area contributed by atoms with E-state index in [0.29, 0.717) is 12.1 Å². The largest absolute Gasteiger partial charge is 0.497 e. The van der Waals surface area contributed by atoms with Gasteiger partial charge in [0.2, 0.25) is 0 Å². The maximum Gasteiger partial charge on any atom is 0.119 e. The van der Waals surface area contributed by atoms with E-state index in [9.17, 15) is 0 Å². The number of ether oxygens (including phenoxy) is 3. The lowest BCUT2D eigenvalue weighted by Crippen LogP contribution is -2.48. The van der Waals surface area contributed by atoms with Gasteiger partial charge in [-0.3, -0.25) is 9.80 Å². The Morgan fingerprint density at radius 3 is 2.68 bits per heavy atom. The van der Waals surface area contributed by atoms with Gasteiger partial charge in [0.1, 0.15) is 11.5 Å². The number of hydrogen-bond acceptors (Lipinski definition) is 5. The number of hydrogen-bond donors (Lipinski definition) is 0. The van der Waals surface area contributed by atoms with Crippen LogP contribution in [-0.2, 0) is 4.74 Å². The van der Waals surface area contributed by atoms with Gasteiger partial charge in [0, 0.05) is 32.2 Å². The molecule has 2 aliphatic heterocycles. The molecule has 2 atom stereocenters. The molecule has 0 aliphatic carbocycles. The number of methoxy groups -OCH3 is 1. The summed E-state index contributed by atoms with van der Waals surface area (Å²) >= 11 is 0. The minimum atomic E-state index is 0.390. The summed E-state index contributed by atoms with van der Waals surface area (Å²) in [6.45, 7) is 5.90. The molecule has 0 saturated carbocycles. The third kappa shape index (κ3) is 3.72. The minimum Gasteiger partial charge on any atom is -0.497 e. The van der Waals surface area contributed by atoms with Crippen LogP contribution in [0.2, 0.25) is 0 Å². The van der Waals surface area contributed by atoms with Crippen molar-refractivity contribution in [3.63, 3.8) is 0 Å². The zero-order valence-corrected chi connectivity index (χ0v) is 13.5. The van der Waals surface area contributed by atoms with Crippen LogP contribution in [0.15, 0.2) is 24.3 Å². The quantitative estimate of drug-likeness (QED) is 0.744. The molecule has 0 unspecified atom stereocenters. The summed E-state index contributed by atoms with van der Waals surface area (Å²) in [5.41, 5.74) is 0. The third-order valence-electron chi connectivity index (χ3n) is 4.60. The van der Waals surface area contributed by atoms with Gasteiger partial charge in [0.25, 0.3) is 0 Å². The van der Waals surface area contributed by atoms with Crippen molar-refractivity contribution in [3.05, 3.63) is 24.3 Å². The van der Waals surface area contributed by atoms with Crippen LogP contribution in [-0.4, -0.2) is 75.5 Å². The van der Waals surface area contributed by atoms with E-state index in [1.54, 1.807) is 7.11 Å². The fraction of sp³-hybridized carbons (Fsp3) is 0.647. The van der Waals surface area contributed by atoms with Crippen LogP contribution in [0.3, 0.4) is 0 Å². The highest BCUT2D eigenvalue weighted by Gasteiger charge is 2.37. The predicted octanol–water partition coefficient (Wildman–Crippen LogP) is 1.48. The maximum absolute atomic E-state index is 5.87. The van der Waals surface area contributed by atoms with E-state index in [4.69, 9.17) is 14.2 Å². The second kappa shape index (κ2) is 7.31. The lowest BCUT2D eigenvalue weighted by Gasteiger charge is -2.33. The summed E-state index contributed by atoms with van der Waals surface area (Å²) < 4.78 is 16.8. The Bertz CT molecular complexity index is 465. The number of morpholine rings is 1. The van der Waals surface area contributed by atoms with Gasteiger partial charge in [-0.2, -0.15) is 0 Å². The molecule has 2 heterocycles. The van der Waals surface area contributed by atoms with E-state index >= 15 is 0 Å². The van der Waals surface area contributed by atoms with Gasteiger partial charge >= 0.3 is 0 Å². The highest BCUT2D eigenvalue weighted by molar-refractivity contribution is 5.31. The van der Waals surface area contributed by atoms with Crippen LogP contribution in [0.4, 0.5) is 0 Å². The average Bonchev–Trinajstić information content (AvgIpc) is 2.97. The van der Waals surface area contributed by atoms with Crippen molar-refractivity contribution in [2.45, 2.75) is 18.6 Å². The average molecular weight is 306 g/mol. The van der Waals surface area contributed by atoms with E-state index in [0.717, 1.165) is 57.3 Å². The van der Waals surface area contributed by atoms with Crippen molar-refractivity contribution in [2.75, 3.05) is 53.6 Å². The first-order valence-electron chi connectivity index (χ1n) is 8.07. The molecule has 122 valence electrons. The molecule has 2 aliphatic rings. The number of likely N-dealkylation sites (tertiary alicyclic amines) is 1. The lowest BCUT2D eigenvalue weighted by atomic mass is 10.1. The number of benzene rings is 1. The zero-order valence-electron chi connectivity index (χ0n) is 13.5. The molecule has 2 fully saturated rings. The van der Waals surface area contributed by atoms with E-state index < -0.39 is 0 Å². The van der Waals surface area contributed by atoms with Crippen molar-refractivity contribution in [3.8, 4) is 11.5 Å². The van der Waals surface area contributed by atoms with Crippen molar-refractivity contribution in [2.24, 2.45) is 0 Å². The Balaban J connectivity index is 1.36. The molecule has 0 spiro atoms. The zero-order chi connectivity index (χ0) is 15.4. The van der Waals surface area contributed by atoms with Gasteiger partial charge in [-0.05, 0) is 37.7 Å². The molecule has 0 radical (unpaired) electrons. The molecule has 2 saturated heterocycles. The van der Waals surface area contributed by atoms with Gasteiger partial charge in [-0.25, -0.2) is 0 Å². The minimum absolute atomic E-state index is 0.390. The van der Waals surface area contributed by atoms with Crippen molar-refractivity contribution in [1.82, 2.24) is 9.80 Å². The van der Waals surface area contributed by atoms with E-state index in [1.165, 1.54) is 0 Å². The van der Waals surface area contributed by atoms with Crippen LogP contribution in [0.1, 0.15) is 6.42 Å². The molecular weight excluding hydrogens is 280 g/mol. The van der Waals surface area contributed by atoms with Gasteiger partial charge in [-0.1, -0.05) is 0 Å². The van der Waals surface area contributed by atoms with E-state index in [-0.39, 0.29) is 0 Å². The molecule has 1 aromatic rings. The molecular formula is C17H26N2O3. The topological polar surface area (TPSA) is 34.2 Å². The molecule has 3 rings (SSSR count). The van der Waals surface area contributed by atoms with Crippen LogP contribution in [0.25, 0.3) is 0 Å². The molecule has 5 heteroatoms. The summed E-state index contributed by atoms with van der Waals surface area (Å²) in [5.74, 6) is 1.76. The fourth-order valence-electron chi connectivity index (χ4n) is 3.27. The van der Waals surface area contributed by atoms with Crippen LogP contribution in [0, 0.1) is 0 Å². The third-order valence-corrected chi connectivity index (χ3v) is 4.60. The summed E-state index contributed by atoms with van der Waals surface area (Å²) in [7, 11) is 3.88. The van der Waals surface area contributed by atoms with E-state index in [1.807, 2.05) is 24.3 Å². The predicted molar refractivity (Wildman–Crippen MR) is 85.7 cm³/mol. The number of rotatable bonds is 6. The van der Waals surface area contributed by atoms with Crippen molar-refractivity contribution in [1.29, 1.82) is 0 Å². The van der Waals surface area contributed by atoms with Crippen LogP contribution in [0.5, 0.6) is 11.5 Å². The molecule has 1 aromatic carbocycles. The molecule has 0 aromatic heterocycles. The summed E-state index contributed by atoms with van der Waals surface area (Å²) in [5, 5.41) is 0. The normalized spacial score (nSPS) is 25.9. The van der Waals surface area contributed by atoms with Crippen molar-refractivity contribution >= 4 is 0 Å². The Labute approximate surface area is 132 Å². The highest BCUT2D eigenvalue weighted by atomic mass is 16.5. The van der Waals surface area contributed by atoms with Gasteiger partial charge in [0.05, 0.1) is 26.4 Å². The Morgan fingerprint density at radius 1 is 1.18 bits per heavy atom. The lowest BCUT2D eigenvalue weighted by molar-refractivity contribution is -0.0369. The molecule has 0 N–H and O–H groups in total. The Kier molecular flexibility index (Phi) is 5.18. The van der Waals surface area contributed by atoms with Crippen LogP contribution < -0.4 is 9.47 Å². The summed E-state index contributed by atoms with van der Waals surface area (Å²) in [6.07, 6.45) is 1.43.